The predicted molar refractivity (Wildman–Crippen MR) is 73.3 cm³/mol. The molecule has 2 N–H and O–H groups in total. The number of H-pyrrole nitrogens is 1. The minimum atomic E-state index is -3.64. The molecule has 0 bridgehead atoms. The number of fused-ring (bicyclic) bond motifs is 1. The number of para-hydroxylation sites is 2. The fraction of sp³-hybridized carbons (Fsp3) is 0. The Bertz CT molecular complexity index is 810. The maximum atomic E-state index is 12.3. The van der Waals surface area contributed by atoms with Crippen LogP contribution < -0.4 is 4.72 Å². The van der Waals surface area contributed by atoms with E-state index in [2.05, 4.69) is 14.7 Å². The molecule has 0 radical (unpaired) electrons. The van der Waals surface area contributed by atoms with Gasteiger partial charge in [0, 0.05) is 5.69 Å². The second kappa shape index (κ2) is 4.40. The summed E-state index contributed by atoms with van der Waals surface area (Å²) < 4.78 is 27.2. The van der Waals surface area contributed by atoms with Gasteiger partial charge in [-0.3, -0.25) is 4.72 Å². The first-order valence-electron chi connectivity index (χ1n) is 5.67. The zero-order valence-corrected chi connectivity index (χ0v) is 10.7. The number of benzene rings is 2. The molecular weight excluding hydrogens is 262 g/mol. The Balaban J connectivity index is 2.08. The number of nitrogens with zero attached hydrogens (tertiary/aromatic N) is 1. The number of sulfonamides is 1. The number of aromatic nitrogens is 2. The van der Waals surface area contributed by atoms with E-state index in [0.29, 0.717) is 16.7 Å². The average molecular weight is 273 g/mol. The normalized spacial score (nSPS) is 11.6. The van der Waals surface area contributed by atoms with Gasteiger partial charge in [-0.15, -0.1) is 0 Å². The van der Waals surface area contributed by atoms with Crippen LogP contribution in [0.2, 0.25) is 0 Å². The Morgan fingerprint density at radius 1 is 1.00 bits per heavy atom. The van der Waals surface area contributed by atoms with Crippen LogP contribution in [0.3, 0.4) is 0 Å². The summed E-state index contributed by atoms with van der Waals surface area (Å²) in [5, 5.41) is 0. The number of anilines is 1. The van der Waals surface area contributed by atoms with E-state index in [9.17, 15) is 8.42 Å². The van der Waals surface area contributed by atoms with Gasteiger partial charge in [0.1, 0.15) is 10.4 Å². The van der Waals surface area contributed by atoms with E-state index < -0.39 is 10.0 Å². The topological polar surface area (TPSA) is 74.8 Å². The maximum absolute atomic E-state index is 12.3. The lowest BCUT2D eigenvalue weighted by Crippen LogP contribution is -2.13. The minimum absolute atomic E-state index is 0.162. The molecule has 0 saturated carbocycles. The van der Waals surface area contributed by atoms with E-state index in [4.69, 9.17) is 0 Å². The van der Waals surface area contributed by atoms with Gasteiger partial charge < -0.3 is 4.98 Å². The zero-order valence-electron chi connectivity index (χ0n) is 9.87. The fourth-order valence-corrected chi connectivity index (χ4v) is 3.10. The summed E-state index contributed by atoms with van der Waals surface area (Å²) in [6.07, 6.45) is 1.48. The van der Waals surface area contributed by atoms with E-state index in [0.717, 1.165) is 0 Å². The lowest BCUT2D eigenvalue weighted by Gasteiger charge is -2.08. The number of nitrogens with one attached hydrogen (secondary N) is 2. The second-order valence-electron chi connectivity index (χ2n) is 4.03. The Morgan fingerprint density at radius 2 is 1.79 bits per heavy atom. The Labute approximate surface area is 110 Å². The van der Waals surface area contributed by atoms with Gasteiger partial charge in [0.05, 0.1) is 11.8 Å². The smallest absolute Gasteiger partial charge is 0.264 e. The largest absolute Gasteiger partial charge is 0.345 e. The minimum Gasteiger partial charge on any atom is -0.345 e. The van der Waals surface area contributed by atoms with Crippen molar-refractivity contribution < 1.29 is 8.42 Å². The molecule has 0 unspecified atom stereocenters. The molecule has 0 aliphatic heterocycles. The molecule has 6 heteroatoms. The quantitative estimate of drug-likeness (QED) is 0.769. The third-order valence-corrected chi connectivity index (χ3v) is 4.14. The van der Waals surface area contributed by atoms with Gasteiger partial charge in [-0.05, 0) is 24.3 Å². The highest BCUT2D eigenvalue weighted by molar-refractivity contribution is 7.93. The van der Waals surface area contributed by atoms with Crippen LogP contribution in [0, 0.1) is 0 Å². The molecule has 1 aromatic heterocycles. The van der Waals surface area contributed by atoms with Gasteiger partial charge in [-0.2, -0.15) is 0 Å². The zero-order chi connectivity index (χ0) is 13.3. The molecule has 0 aliphatic carbocycles. The summed E-state index contributed by atoms with van der Waals surface area (Å²) in [5.74, 6) is 0. The molecule has 0 aliphatic rings. The van der Waals surface area contributed by atoms with Crippen LogP contribution in [-0.2, 0) is 10.0 Å². The summed E-state index contributed by atoms with van der Waals surface area (Å²) in [5.41, 5.74) is 1.65. The first kappa shape index (κ1) is 11.7. The van der Waals surface area contributed by atoms with Crippen LogP contribution in [0.5, 0.6) is 0 Å². The average Bonchev–Trinajstić information content (AvgIpc) is 2.87. The highest BCUT2D eigenvalue weighted by Crippen LogP contribution is 2.22. The lowest BCUT2D eigenvalue weighted by atomic mass is 10.3. The second-order valence-corrected chi connectivity index (χ2v) is 5.68. The van der Waals surface area contributed by atoms with E-state index in [-0.39, 0.29) is 4.90 Å². The molecule has 96 valence electrons. The molecular formula is C13H11N3O2S. The van der Waals surface area contributed by atoms with Gasteiger partial charge in [0.15, 0.2) is 0 Å². The summed E-state index contributed by atoms with van der Waals surface area (Å²) >= 11 is 0. The van der Waals surface area contributed by atoms with Crippen molar-refractivity contribution in [3.63, 3.8) is 0 Å². The van der Waals surface area contributed by atoms with Gasteiger partial charge in [0.25, 0.3) is 10.0 Å². The number of aromatic amines is 1. The van der Waals surface area contributed by atoms with Gasteiger partial charge in [0.2, 0.25) is 0 Å². The lowest BCUT2D eigenvalue weighted by molar-refractivity contribution is 0.602. The SMILES string of the molecule is O=S(=O)(Nc1ccccc1)c1cccc2[nH]cnc12. The van der Waals surface area contributed by atoms with Crippen LogP contribution >= 0.6 is 0 Å². The van der Waals surface area contributed by atoms with Crippen LogP contribution in [0.15, 0.2) is 59.8 Å². The van der Waals surface area contributed by atoms with Crippen molar-refractivity contribution >= 4 is 26.7 Å². The Hall–Kier alpha value is -2.34. The van der Waals surface area contributed by atoms with Gasteiger partial charge >= 0.3 is 0 Å². The van der Waals surface area contributed by atoms with E-state index in [1.54, 1.807) is 36.4 Å². The molecule has 3 aromatic rings. The Morgan fingerprint density at radius 3 is 2.58 bits per heavy atom. The van der Waals surface area contributed by atoms with Crippen molar-refractivity contribution in [1.29, 1.82) is 0 Å². The number of imidazole rings is 1. The van der Waals surface area contributed by atoms with Crippen molar-refractivity contribution in [3.8, 4) is 0 Å². The summed E-state index contributed by atoms with van der Waals surface area (Å²) in [6.45, 7) is 0. The van der Waals surface area contributed by atoms with E-state index >= 15 is 0 Å². The number of rotatable bonds is 3. The molecule has 0 fully saturated rings. The molecule has 19 heavy (non-hydrogen) atoms. The summed E-state index contributed by atoms with van der Waals surface area (Å²) in [4.78, 5) is 7.11. The summed E-state index contributed by atoms with van der Waals surface area (Å²) in [7, 11) is -3.64. The fourth-order valence-electron chi connectivity index (χ4n) is 1.87. The van der Waals surface area contributed by atoms with Crippen LogP contribution in [-0.4, -0.2) is 18.4 Å². The molecule has 0 saturated heterocycles. The van der Waals surface area contributed by atoms with Crippen molar-refractivity contribution in [2.45, 2.75) is 4.90 Å². The first-order valence-corrected chi connectivity index (χ1v) is 7.15. The number of hydrogen-bond acceptors (Lipinski definition) is 3. The highest BCUT2D eigenvalue weighted by atomic mass is 32.2. The third kappa shape index (κ3) is 2.17. The molecule has 0 amide bonds. The molecule has 3 rings (SSSR count). The van der Waals surface area contributed by atoms with Crippen molar-refractivity contribution in [2.75, 3.05) is 4.72 Å². The molecule has 1 heterocycles. The Kier molecular flexibility index (Phi) is 2.72. The van der Waals surface area contributed by atoms with Gasteiger partial charge in [-0.1, -0.05) is 24.3 Å². The van der Waals surface area contributed by atoms with E-state index in [1.165, 1.54) is 12.4 Å². The molecule has 2 aromatic carbocycles. The van der Waals surface area contributed by atoms with Crippen molar-refractivity contribution in [3.05, 3.63) is 54.9 Å². The van der Waals surface area contributed by atoms with Crippen LogP contribution in [0.4, 0.5) is 5.69 Å². The van der Waals surface area contributed by atoms with E-state index in [1.807, 2.05) is 6.07 Å². The first-order chi connectivity index (χ1) is 9.17. The van der Waals surface area contributed by atoms with Gasteiger partial charge in [-0.25, -0.2) is 13.4 Å². The van der Waals surface area contributed by atoms with Crippen LogP contribution in [0.1, 0.15) is 0 Å². The highest BCUT2D eigenvalue weighted by Gasteiger charge is 2.18. The molecule has 0 atom stereocenters. The monoisotopic (exact) mass is 273 g/mol. The molecule has 5 nitrogen and oxygen atoms in total. The summed E-state index contributed by atoms with van der Waals surface area (Å²) in [6, 6.07) is 13.8. The maximum Gasteiger partial charge on any atom is 0.264 e. The number of hydrogen-bond donors (Lipinski definition) is 2. The van der Waals surface area contributed by atoms with Crippen molar-refractivity contribution in [2.24, 2.45) is 0 Å². The van der Waals surface area contributed by atoms with Crippen molar-refractivity contribution in [1.82, 2.24) is 9.97 Å². The molecule has 0 spiro atoms. The standard InChI is InChI=1S/C13H11N3O2S/c17-19(18,16-10-5-2-1-3-6-10)12-8-4-7-11-13(12)15-9-14-11/h1-9,16H,(H,14,15). The third-order valence-electron chi connectivity index (χ3n) is 2.73. The van der Waals surface area contributed by atoms with Crippen LogP contribution in [0.25, 0.3) is 11.0 Å². The predicted octanol–water partition coefficient (Wildman–Crippen LogP) is 2.36.